The second-order valence-corrected chi connectivity index (χ2v) is 6.31. The zero-order valence-electron chi connectivity index (χ0n) is 10.3. The Kier molecular flexibility index (Phi) is 4.95. The van der Waals surface area contributed by atoms with E-state index in [0.717, 1.165) is 40.4 Å². The van der Waals surface area contributed by atoms with E-state index in [1.165, 1.54) is 0 Å². The van der Waals surface area contributed by atoms with Crippen LogP contribution in [-0.2, 0) is 4.79 Å². The lowest BCUT2D eigenvalue weighted by Crippen LogP contribution is -2.39. The first-order valence-electron chi connectivity index (χ1n) is 6.03. The van der Waals surface area contributed by atoms with Crippen LogP contribution in [0.15, 0.2) is 22.7 Å². The van der Waals surface area contributed by atoms with Crippen LogP contribution in [0.3, 0.4) is 0 Å². The quantitative estimate of drug-likeness (QED) is 0.776. The van der Waals surface area contributed by atoms with Gasteiger partial charge in [-0.1, -0.05) is 22.9 Å². The molecule has 1 aromatic rings. The number of hydrogen-bond acceptors (Lipinski definition) is 3. The molecule has 3 nitrogen and oxygen atoms in total. The Morgan fingerprint density at radius 2 is 2.33 bits per heavy atom. The third-order valence-electron chi connectivity index (χ3n) is 2.74. The first-order chi connectivity index (χ1) is 8.72. The van der Waals surface area contributed by atoms with Crippen molar-refractivity contribution in [1.29, 1.82) is 0 Å². The molecule has 0 saturated heterocycles. The van der Waals surface area contributed by atoms with Gasteiger partial charge < -0.3 is 9.64 Å². The van der Waals surface area contributed by atoms with Gasteiger partial charge in [0.15, 0.2) is 6.61 Å². The van der Waals surface area contributed by atoms with Crippen LogP contribution < -0.4 is 9.64 Å². The fourth-order valence-electron chi connectivity index (χ4n) is 1.89. The number of halogens is 1. The van der Waals surface area contributed by atoms with Crippen LogP contribution in [0, 0.1) is 0 Å². The average molecular weight is 330 g/mol. The predicted octanol–water partition coefficient (Wildman–Crippen LogP) is 3.32. The monoisotopic (exact) mass is 329 g/mol. The molecular weight excluding hydrogens is 314 g/mol. The number of thioether (sulfide) groups is 1. The maximum Gasteiger partial charge on any atom is 0.265 e. The van der Waals surface area contributed by atoms with Gasteiger partial charge in [0.05, 0.1) is 5.69 Å². The smallest absolute Gasteiger partial charge is 0.265 e. The van der Waals surface area contributed by atoms with E-state index in [4.69, 9.17) is 4.74 Å². The van der Waals surface area contributed by atoms with Gasteiger partial charge in [-0.25, -0.2) is 0 Å². The van der Waals surface area contributed by atoms with Crippen molar-refractivity contribution in [3.8, 4) is 5.75 Å². The molecule has 0 saturated carbocycles. The molecule has 1 aliphatic heterocycles. The number of nitrogens with zero attached hydrogens (tertiary/aromatic N) is 1. The fraction of sp³-hybridized carbons (Fsp3) is 0.462. The van der Waals surface area contributed by atoms with Crippen LogP contribution >= 0.6 is 27.7 Å². The molecule has 1 aromatic carbocycles. The average Bonchev–Trinajstić information content (AvgIpc) is 2.36. The van der Waals surface area contributed by atoms with Gasteiger partial charge in [0.1, 0.15) is 5.75 Å². The topological polar surface area (TPSA) is 29.5 Å². The van der Waals surface area contributed by atoms with E-state index in [9.17, 15) is 4.79 Å². The van der Waals surface area contributed by atoms with Crippen LogP contribution in [-0.4, -0.2) is 30.6 Å². The Morgan fingerprint density at radius 1 is 1.50 bits per heavy atom. The normalized spacial score (nSPS) is 14.3. The number of carbonyl (C=O) groups excluding carboxylic acids is 1. The molecule has 0 aromatic heterocycles. The molecule has 0 N–H and O–H groups in total. The largest absolute Gasteiger partial charge is 0.482 e. The van der Waals surface area contributed by atoms with Crippen molar-refractivity contribution in [3.63, 3.8) is 0 Å². The van der Waals surface area contributed by atoms with Gasteiger partial charge in [-0.05, 0) is 36.1 Å². The summed E-state index contributed by atoms with van der Waals surface area (Å²) in [4.78, 5) is 13.7. The maximum atomic E-state index is 11.9. The second-order valence-electron chi connectivity index (χ2n) is 4.00. The summed E-state index contributed by atoms with van der Waals surface area (Å²) < 4.78 is 6.40. The molecule has 98 valence electrons. The molecule has 1 amide bonds. The zero-order valence-corrected chi connectivity index (χ0v) is 12.7. The Hall–Kier alpha value is -0.680. The van der Waals surface area contributed by atoms with Crippen molar-refractivity contribution in [2.24, 2.45) is 0 Å². The van der Waals surface area contributed by atoms with Crippen molar-refractivity contribution >= 4 is 39.3 Å². The Bertz CT molecular complexity index is 439. The summed E-state index contributed by atoms with van der Waals surface area (Å²) in [6.45, 7) is 3.06. The summed E-state index contributed by atoms with van der Waals surface area (Å²) in [5, 5.41) is 0. The molecule has 0 radical (unpaired) electrons. The number of hydrogen-bond donors (Lipinski definition) is 0. The predicted molar refractivity (Wildman–Crippen MR) is 79.6 cm³/mol. The minimum atomic E-state index is 0.0436. The number of benzene rings is 1. The van der Waals surface area contributed by atoms with Gasteiger partial charge in [0.25, 0.3) is 5.91 Å². The van der Waals surface area contributed by atoms with Crippen LogP contribution in [0.4, 0.5) is 5.69 Å². The number of fused-ring (bicyclic) bond motifs is 1. The minimum Gasteiger partial charge on any atom is -0.482 e. The van der Waals surface area contributed by atoms with Crippen LogP contribution in [0.25, 0.3) is 0 Å². The molecule has 5 heteroatoms. The van der Waals surface area contributed by atoms with Gasteiger partial charge in [-0.3, -0.25) is 4.79 Å². The van der Waals surface area contributed by atoms with Gasteiger partial charge in [-0.15, -0.1) is 0 Å². The fourth-order valence-corrected chi connectivity index (χ4v) is 2.86. The highest BCUT2D eigenvalue weighted by atomic mass is 79.9. The van der Waals surface area contributed by atoms with E-state index in [2.05, 4.69) is 22.9 Å². The van der Waals surface area contributed by atoms with E-state index < -0.39 is 0 Å². The van der Waals surface area contributed by atoms with Crippen molar-refractivity contribution in [3.05, 3.63) is 22.7 Å². The lowest BCUT2D eigenvalue weighted by atomic mass is 10.2. The SMILES string of the molecule is CCSCCCN1C(=O)COc2ccc(Br)cc21. The molecule has 0 unspecified atom stereocenters. The molecule has 0 bridgehead atoms. The first-order valence-corrected chi connectivity index (χ1v) is 7.97. The summed E-state index contributed by atoms with van der Waals surface area (Å²) in [5.41, 5.74) is 0.877. The van der Waals surface area contributed by atoms with Gasteiger partial charge in [0, 0.05) is 11.0 Å². The molecule has 2 rings (SSSR count). The van der Waals surface area contributed by atoms with Crippen LogP contribution in [0.5, 0.6) is 5.75 Å². The number of rotatable bonds is 5. The van der Waals surface area contributed by atoms with E-state index in [-0.39, 0.29) is 12.5 Å². The maximum absolute atomic E-state index is 11.9. The molecular formula is C13H16BrNO2S. The van der Waals surface area contributed by atoms with Crippen LogP contribution in [0.2, 0.25) is 0 Å². The molecule has 0 aliphatic carbocycles. The van der Waals surface area contributed by atoms with E-state index in [0.29, 0.717) is 0 Å². The number of carbonyl (C=O) groups is 1. The Labute approximate surface area is 120 Å². The third-order valence-corrected chi connectivity index (χ3v) is 4.22. The summed E-state index contributed by atoms with van der Waals surface area (Å²) in [7, 11) is 0. The lowest BCUT2D eigenvalue weighted by molar-refractivity contribution is -0.121. The van der Waals surface area contributed by atoms with E-state index in [1.807, 2.05) is 34.9 Å². The molecule has 0 spiro atoms. The van der Waals surface area contributed by atoms with E-state index in [1.54, 1.807) is 0 Å². The molecule has 0 atom stereocenters. The third kappa shape index (κ3) is 3.20. The lowest BCUT2D eigenvalue weighted by Gasteiger charge is -2.29. The summed E-state index contributed by atoms with van der Waals surface area (Å²) in [6, 6.07) is 5.78. The summed E-state index contributed by atoms with van der Waals surface area (Å²) in [5.74, 6) is 3.05. The van der Waals surface area contributed by atoms with Crippen molar-refractivity contribution < 1.29 is 9.53 Å². The van der Waals surface area contributed by atoms with Gasteiger partial charge in [0.2, 0.25) is 0 Å². The Morgan fingerprint density at radius 3 is 3.11 bits per heavy atom. The standard InChI is InChI=1S/C13H16BrNO2S/c1-2-18-7-3-6-15-11-8-10(14)4-5-12(11)17-9-13(15)16/h4-5,8H,2-3,6-7,9H2,1H3. The van der Waals surface area contributed by atoms with E-state index >= 15 is 0 Å². The number of ether oxygens (including phenoxy) is 1. The van der Waals surface area contributed by atoms with Crippen molar-refractivity contribution in [2.45, 2.75) is 13.3 Å². The minimum absolute atomic E-state index is 0.0436. The van der Waals surface area contributed by atoms with Crippen molar-refractivity contribution in [1.82, 2.24) is 0 Å². The molecule has 1 heterocycles. The van der Waals surface area contributed by atoms with Crippen molar-refractivity contribution in [2.75, 3.05) is 29.6 Å². The molecule has 1 aliphatic rings. The molecule has 0 fully saturated rings. The summed E-state index contributed by atoms with van der Waals surface area (Å²) >= 11 is 5.34. The first kappa shape index (κ1) is 13.7. The number of anilines is 1. The van der Waals surface area contributed by atoms with Gasteiger partial charge >= 0.3 is 0 Å². The molecule has 18 heavy (non-hydrogen) atoms. The van der Waals surface area contributed by atoms with Crippen LogP contribution in [0.1, 0.15) is 13.3 Å². The van der Waals surface area contributed by atoms with Gasteiger partial charge in [-0.2, -0.15) is 11.8 Å². The highest BCUT2D eigenvalue weighted by Gasteiger charge is 2.24. The summed E-state index contributed by atoms with van der Waals surface area (Å²) in [6.07, 6.45) is 1.01. The zero-order chi connectivity index (χ0) is 13.0. The Balaban J connectivity index is 2.09. The second kappa shape index (κ2) is 6.48. The highest BCUT2D eigenvalue weighted by molar-refractivity contribution is 9.10. The number of amides is 1. The highest BCUT2D eigenvalue weighted by Crippen LogP contribution is 2.34.